The predicted molar refractivity (Wildman–Crippen MR) is 247 cm³/mol. The van der Waals surface area contributed by atoms with Gasteiger partial charge < -0.3 is 9.64 Å². The summed E-state index contributed by atoms with van der Waals surface area (Å²) < 4.78 is 6.99. The zero-order valence-corrected chi connectivity index (χ0v) is 35.6. The molecule has 0 atom stereocenters. The second-order valence-corrected chi connectivity index (χ2v) is 17.3. The van der Waals surface area contributed by atoms with Gasteiger partial charge in [0.05, 0.1) is 11.1 Å². The Morgan fingerprint density at radius 1 is 0.603 bits per heavy atom. The van der Waals surface area contributed by atoms with Gasteiger partial charge in [0.1, 0.15) is 11.5 Å². The van der Waals surface area contributed by atoms with Crippen LogP contribution in [-0.2, 0) is 11.8 Å². The van der Waals surface area contributed by atoms with Crippen LogP contribution in [0.3, 0.4) is 0 Å². The highest BCUT2D eigenvalue weighted by atomic mass is 16.5. The van der Waals surface area contributed by atoms with Gasteiger partial charge in [0, 0.05) is 17.5 Å². The molecule has 10 rings (SSSR count). The Balaban J connectivity index is 0.00000215. The highest BCUT2D eigenvalue weighted by Gasteiger charge is 2.51. The maximum atomic E-state index is 6.99. The molecule has 0 saturated heterocycles. The highest BCUT2D eigenvalue weighted by Crippen LogP contribution is 2.60. The van der Waals surface area contributed by atoms with Gasteiger partial charge >= 0.3 is 0 Å². The van der Waals surface area contributed by atoms with Crippen LogP contribution >= 0.6 is 0 Å². The molecular formula is C55H56BNO. The Kier molecular flexibility index (Phi) is 9.83. The zero-order valence-electron chi connectivity index (χ0n) is 35.6. The normalized spacial score (nSPS) is 15.6. The lowest BCUT2D eigenvalue weighted by atomic mass is 9.34. The third-order valence-corrected chi connectivity index (χ3v) is 13.1. The molecule has 2 heterocycles. The van der Waals surface area contributed by atoms with Gasteiger partial charge in [-0.1, -0.05) is 170 Å². The minimum Gasteiger partial charge on any atom is -0.458 e. The average Bonchev–Trinajstić information content (AvgIpc) is 3.25. The molecule has 4 aliphatic rings. The number of benzene rings is 6. The molecule has 2 aliphatic carbocycles. The Morgan fingerprint density at radius 3 is 1.84 bits per heavy atom. The zero-order chi connectivity index (χ0) is 40.3. The molecule has 3 heteroatoms. The smallest absolute Gasteiger partial charge is 0.251 e. The first-order chi connectivity index (χ1) is 28.3. The third kappa shape index (κ3) is 5.76. The molecular weight excluding hydrogens is 701 g/mol. The van der Waals surface area contributed by atoms with Crippen LogP contribution in [0.4, 0.5) is 11.4 Å². The topological polar surface area (TPSA) is 12.5 Å². The van der Waals surface area contributed by atoms with Crippen molar-refractivity contribution in [2.75, 3.05) is 4.90 Å². The van der Waals surface area contributed by atoms with E-state index in [2.05, 4.69) is 186 Å². The second kappa shape index (κ2) is 15.0. The standard InChI is InChI=1S/C53H50BNO.C2H6/c1-33(2)38-30-40(34(3)4)52(41(31-38)35(5)6)54-46-23-13-16-26-50(46)56-51-32-39(27-28-47(51)54)55-48-24-14-11-21-44(48)53(45-22-12-15-25-49(45)55)42-19-9-7-17-36(42)29-37-18-8-10-20-43(37)53;1-2/h7-11,13-21,23-28,30-35H,12,22,29H2,1-6H3;1-2H3. The van der Waals surface area contributed by atoms with E-state index in [1.165, 1.54) is 77.9 Å². The summed E-state index contributed by atoms with van der Waals surface area (Å²) in [5, 5.41) is 0. The summed E-state index contributed by atoms with van der Waals surface area (Å²) >= 11 is 0. The van der Waals surface area contributed by atoms with Crippen molar-refractivity contribution in [1.82, 2.24) is 0 Å². The molecule has 0 N–H and O–H groups in total. The van der Waals surface area contributed by atoms with E-state index in [-0.39, 0.29) is 12.1 Å². The van der Waals surface area contributed by atoms with Crippen molar-refractivity contribution in [2.24, 2.45) is 0 Å². The van der Waals surface area contributed by atoms with Gasteiger partial charge in [0.15, 0.2) is 0 Å². The lowest BCUT2D eigenvalue weighted by Gasteiger charge is -2.51. The van der Waals surface area contributed by atoms with Crippen LogP contribution in [0.5, 0.6) is 11.5 Å². The van der Waals surface area contributed by atoms with Crippen LogP contribution in [0.2, 0.25) is 0 Å². The number of rotatable bonds is 5. The number of hydrogen-bond acceptors (Lipinski definition) is 2. The van der Waals surface area contributed by atoms with Gasteiger partial charge in [0.25, 0.3) is 6.71 Å². The number of fused-ring (bicyclic) bond motifs is 9. The predicted octanol–water partition coefficient (Wildman–Crippen LogP) is 12.7. The fourth-order valence-electron chi connectivity index (χ4n) is 10.6. The van der Waals surface area contributed by atoms with E-state index in [4.69, 9.17) is 4.74 Å². The first-order valence-electron chi connectivity index (χ1n) is 21.8. The van der Waals surface area contributed by atoms with Gasteiger partial charge in [-0.2, -0.15) is 0 Å². The fourth-order valence-corrected chi connectivity index (χ4v) is 10.6. The highest BCUT2D eigenvalue weighted by molar-refractivity contribution is 6.97. The molecule has 0 unspecified atom stereocenters. The molecule has 0 bridgehead atoms. The first-order valence-corrected chi connectivity index (χ1v) is 21.8. The third-order valence-electron chi connectivity index (χ3n) is 13.1. The summed E-state index contributed by atoms with van der Waals surface area (Å²) in [6, 6.07) is 48.4. The Morgan fingerprint density at radius 2 is 1.19 bits per heavy atom. The largest absolute Gasteiger partial charge is 0.458 e. The Labute approximate surface area is 347 Å². The molecule has 58 heavy (non-hydrogen) atoms. The average molecular weight is 758 g/mol. The van der Waals surface area contributed by atoms with Gasteiger partial charge in [-0.25, -0.2) is 0 Å². The van der Waals surface area contributed by atoms with Crippen LogP contribution in [0.15, 0.2) is 151 Å². The van der Waals surface area contributed by atoms with Gasteiger partial charge in [-0.05, 0) is 122 Å². The lowest BCUT2D eigenvalue weighted by molar-refractivity contribution is 0.487. The van der Waals surface area contributed by atoms with E-state index in [0.29, 0.717) is 17.8 Å². The molecule has 2 aliphatic heterocycles. The molecule has 0 amide bonds. The van der Waals surface area contributed by atoms with Crippen molar-refractivity contribution >= 4 is 34.5 Å². The second-order valence-electron chi connectivity index (χ2n) is 17.3. The SMILES string of the molecule is CC.CC(C)c1cc(C(C)C)c(B2c3ccccc3Oc3cc(N4C5=C(CCC=C5)C5(c6ccccc6Cc6ccccc65)c5ccccc54)ccc32)c(C(C)C)c1. The number of nitrogens with zero attached hydrogens (tertiary/aromatic N) is 1. The molecule has 0 fully saturated rings. The summed E-state index contributed by atoms with van der Waals surface area (Å²) in [7, 11) is 0. The molecule has 290 valence electrons. The lowest BCUT2D eigenvalue weighted by Crippen LogP contribution is -2.57. The Hall–Kier alpha value is -5.54. The number of para-hydroxylation sites is 2. The van der Waals surface area contributed by atoms with Crippen molar-refractivity contribution in [3.8, 4) is 11.5 Å². The van der Waals surface area contributed by atoms with E-state index in [1.54, 1.807) is 0 Å². The minimum absolute atomic E-state index is 0.0662. The Bertz CT molecular complexity index is 2530. The monoisotopic (exact) mass is 757 g/mol. The van der Waals surface area contributed by atoms with Crippen LogP contribution in [0, 0.1) is 0 Å². The van der Waals surface area contributed by atoms with E-state index >= 15 is 0 Å². The molecule has 6 aromatic carbocycles. The summed E-state index contributed by atoms with van der Waals surface area (Å²) in [5.74, 6) is 3.12. The number of anilines is 2. The van der Waals surface area contributed by atoms with E-state index in [0.717, 1.165) is 36.4 Å². The number of allylic oxidation sites excluding steroid dienone is 3. The molecule has 0 aromatic heterocycles. The van der Waals surface area contributed by atoms with Crippen LogP contribution in [0.25, 0.3) is 0 Å². The van der Waals surface area contributed by atoms with Crippen molar-refractivity contribution in [2.45, 2.75) is 97.8 Å². The number of hydrogen-bond donors (Lipinski definition) is 0. The fraction of sp³-hybridized carbons (Fsp3) is 0.273. The van der Waals surface area contributed by atoms with Crippen molar-refractivity contribution in [3.05, 3.63) is 195 Å². The summed E-state index contributed by atoms with van der Waals surface area (Å²) in [6.07, 6.45) is 7.75. The van der Waals surface area contributed by atoms with E-state index < -0.39 is 0 Å². The van der Waals surface area contributed by atoms with Crippen LogP contribution < -0.4 is 26.0 Å². The van der Waals surface area contributed by atoms with Gasteiger partial charge in [-0.3, -0.25) is 0 Å². The van der Waals surface area contributed by atoms with Gasteiger partial charge in [-0.15, -0.1) is 0 Å². The minimum atomic E-state index is -0.365. The molecule has 2 nitrogen and oxygen atoms in total. The maximum Gasteiger partial charge on any atom is 0.251 e. The molecule has 6 aromatic rings. The van der Waals surface area contributed by atoms with Crippen molar-refractivity contribution in [3.63, 3.8) is 0 Å². The quantitative estimate of drug-likeness (QED) is 0.162. The van der Waals surface area contributed by atoms with Crippen molar-refractivity contribution < 1.29 is 4.74 Å². The molecule has 0 radical (unpaired) electrons. The summed E-state index contributed by atoms with van der Waals surface area (Å²) in [4.78, 5) is 2.53. The van der Waals surface area contributed by atoms with E-state index in [1.807, 2.05) is 13.8 Å². The van der Waals surface area contributed by atoms with Crippen LogP contribution in [0.1, 0.15) is 130 Å². The maximum absolute atomic E-state index is 6.99. The van der Waals surface area contributed by atoms with E-state index in [9.17, 15) is 0 Å². The van der Waals surface area contributed by atoms with Crippen molar-refractivity contribution in [1.29, 1.82) is 0 Å². The number of ether oxygens (including phenoxy) is 1. The first kappa shape index (κ1) is 38.0. The van der Waals surface area contributed by atoms with Gasteiger partial charge in [0.2, 0.25) is 0 Å². The van der Waals surface area contributed by atoms with Crippen LogP contribution in [-0.4, -0.2) is 6.71 Å². The summed E-state index contributed by atoms with van der Waals surface area (Å²) in [6.45, 7) is 18.1. The summed E-state index contributed by atoms with van der Waals surface area (Å²) in [5.41, 5.74) is 20.0. The molecule has 0 saturated carbocycles. The molecule has 1 spiro atoms.